The highest BCUT2D eigenvalue weighted by atomic mass is 35.5. The van der Waals surface area contributed by atoms with E-state index in [1.165, 1.54) is 18.2 Å². The molecule has 0 aliphatic carbocycles. The van der Waals surface area contributed by atoms with Gasteiger partial charge in [-0.1, -0.05) is 36.2 Å². The molecule has 1 aromatic rings. The minimum Gasteiger partial charge on any atom is -0.299 e. The molecule has 0 unspecified atom stereocenters. The molecule has 1 heterocycles. The van der Waals surface area contributed by atoms with E-state index >= 15 is 0 Å². The number of hydrazine groups is 1. The van der Waals surface area contributed by atoms with Crippen molar-refractivity contribution in [1.29, 1.82) is 0 Å². The second kappa shape index (κ2) is 6.13. The van der Waals surface area contributed by atoms with Gasteiger partial charge in [0, 0.05) is 5.70 Å². The molecule has 1 aliphatic heterocycles. The van der Waals surface area contributed by atoms with Gasteiger partial charge in [-0.2, -0.15) is 0 Å². The van der Waals surface area contributed by atoms with E-state index in [4.69, 9.17) is 23.2 Å². The first kappa shape index (κ1) is 15.9. The number of halogens is 2. The maximum atomic E-state index is 12.2. The summed E-state index contributed by atoms with van der Waals surface area (Å²) in [5, 5.41) is 1.05. The van der Waals surface area contributed by atoms with E-state index in [1.54, 1.807) is 6.08 Å². The largest absolute Gasteiger partial charge is 0.350 e. The number of urea groups is 1. The molecular weight excluding hydrogens is 337 g/mol. The van der Waals surface area contributed by atoms with Crippen molar-refractivity contribution in [3.63, 3.8) is 0 Å². The summed E-state index contributed by atoms with van der Waals surface area (Å²) in [6, 6.07) is 3.49. The molecule has 0 radical (unpaired) electrons. The number of benzene rings is 1. The fraction of sp³-hybridized carbons (Fsp3) is 0.250. The van der Waals surface area contributed by atoms with Gasteiger partial charge in [0.15, 0.2) is 0 Å². The van der Waals surface area contributed by atoms with Crippen LogP contribution < -0.4 is 10.1 Å². The number of rotatable bonds is 3. The molecule has 1 aromatic carbocycles. The zero-order valence-electron chi connectivity index (χ0n) is 11.1. The summed E-state index contributed by atoms with van der Waals surface area (Å²) in [5.41, 5.74) is 3.64. The second-order valence-electron chi connectivity index (χ2n) is 4.27. The molecule has 0 spiro atoms. The number of carbonyl (C=O) groups is 1. The van der Waals surface area contributed by atoms with E-state index in [0.717, 1.165) is 10.7 Å². The smallest absolute Gasteiger partial charge is 0.299 e. The molecule has 2 amide bonds. The molecule has 0 saturated carbocycles. The SMILES string of the molecule is CCC1=CCN(C(=O)NS(=O)(=O)c2c(Cl)cccc2Cl)N1. The summed E-state index contributed by atoms with van der Waals surface area (Å²) >= 11 is 11.7. The van der Waals surface area contributed by atoms with Crippen LogP contribution in [0.4, 0.5) is 4.79 Å². The summed E-state index contributed by atoms with van der Waals surface area (Å²) in [4.78, 5) is 11.7. The Morgan fingerprint density at radius 2 is 2.00 bits per heavy atom. The van der Waals surface area contributed by atoms with Gasteiger partial charge in [-0.25, -0.2) is 22.9 Å². The minimum absolute atomic E-state index is 0.0513. The molecule has 0 atom stereocenters. The Labute approximate surface area is 132 Å². The third-order valence-corrected chi connectivity index (χ3v) is 5.11. The van der Waals surface area contributed by atoms with Crippen LogP contribution in [-0.2, 0) is 10.0 Å². The Morgan fingerprint density at radius 1 is 1.38 bits per heavy atom. The monoisotopic (exact) mass is 349 g/mol. The van der Waals surface area contributed by atoms with Gasteiger partial charge < -0.3 is 0 Å². The van der Waals surface area contributed by atoms with Crippen LogP contribution in [0.25, 0.3) is 0 Å². The Balaban J connectivity index is 2.17. The number of carbonyl (C=O) groups excluding carboxylic acids is 1. The predicted molar refractivity (Wildman–Crippen MR) is 80.4 cm³/mol. The lowest BCUT2D eigenvalue weighted by molar-refractivity contribution is 0.198. The summed E-state index contributed by atoms with van der Waals surface area (Å²) in [6.07, 6.45) is 2.52. The van der Waals surface area contributed by atoms with Crippen LogP contribution in [0.3, 0.4) is 0 Å². The average molecular weight is 350 g/mol. The Bertz CT molecular complexity index is 683. The molecule has 1 aliphatic rings. The highest BCUT2D eigenvalue weighted by Crippen LogP contribution is 2.28. The van der Waals surface area contributed by atoms with E-state index in [0.29, 0.717) is 6.42 Å². The number of hydrogen-bond donors (Lipinski definition) is 2. The molecule has 9 heteroatoms. The first-order valence-corrected chi connectivity index (χ1v) is 8.33. The van der Waals surface area contributed by atoms with Gasteiger partial charge in [0.1, 0.15) is 4.90 Å². The summed E-state index contributed by atoms with van der Waals surface area (Å²) < 4.78 is 26.4. The minimum atomic E-state index is -4.15. The van der Waals surface area contributed by atoms with Crippen molar-refractivity contribution in [2.24, 2.45) is 0 Å². The average Bonchev–Trinajstić information content (AvgIpc) is 2.86. The topological polar surface area (TPSA) is 78.5 Å². The molecule has 0 aromatic heterocycles. The molecule has 2 N–H and O–H groups in total. The van der Waals surface area contributed by atoms with Crippen molar-refractivity contribution >= 4 is 39.3 Å². The van der Waals surface area contributed by atoms with Gasteiger partial charge in [-0.15, -0.1) is 0 Å². The lowest BCUT2D eigenvalue weighted by Crippen LogP contribution is -2.46. The third kappa shape index (κ3) is 3.42. The van der Waals surface area contributed by atoms with Crippen molar-refractivity contribution in [2.45, 2.75) is 18.2 Å². The van der Waals surface area contributed by atoms with E-state index in [2.05, 4.69) is 5.43 Å². The highest BCUT2D eigenvalue weighted by Gasteiger charge is 2.27. The lowest BCUT2D eigenvalue weighted by atomic mass is 10.3. The maximum absolute atomic E-state index is 12.2. The van der Waals surface area contributed by atoms with Crippen LogP contribution in [0.1, 0.15) is 13.3 Å². The first-order valence-electron chi connectivity index (χ1n) is 6.09. The third-order valence-electron chi connectivity index (χ3n) is 2.83. The zero-order valence-corrected chi connectivity index (χ0v) is 13.4. The van der Waals surface area contributed by atoms with Crippen LogP contribution in [0.2, 0.25) is 10.0 Å². The van der Waals surface area contributed by atoms with E-state index in [-0.39, 0.29) is 21.5 Å². The number of nitrogens with one attached hydrogen (secondary N) is 2. The van der Waals surface area contributed by atoms with Crippen LogP contribution in [0, 0.1) is 0 Å². The lowest BCUT2D eigenvalue weighted by Gasteiger charge is -2.19. The van der Waals surface area contributed by atoms with Crippen LogP contribution in [-0.4, -0.2) is 26.0 Å². The van der Waals surface area contributed by atoms with Gasteiger partial charge in [-0.3, -0.25) is 5.43 Å². The molecule has 2 rings (SSSR count). The molecule has 21 heavy (non-hydrogen) atoms. The molecule has 0 fully saturated rings. The van der Waals surface area contributed by atoms with Crippen molar-refractivity contribution in [1.82, 2.24) is 15.2 Å². The van der Waals surface area contributed by atoms with Gasteiger partial charge in [-0.05, 0) is 24.6 Å². The van der Waals surface area contributed by atoms with Gasteiger partial charge in [0.25, 0.3) is 10.0 Å². The summed E-state index contributed by atoms with van der Waals surface area (Å²) in [7, 11) is -4.15. The van der Waals surface area contributed by atoms with Crippen LogP contribution in [0.15, 0.2) is 34.9 Å². The van der Waals surface area contributed by atoms with E-state index in [9.17, 15) is 13.2 Å². The van der Waals surface area contributed by atoms with Crippen LogP contribution >= 0.6 is 23.2 Å². The Kier molecular flexibility index (Phi) is 4.65. The fourth-order valence-corrected chi connectivity index (χ4v) is 3.88. The standard InChI is InChI=1S/C12H13Cl2N3O3S/c1-2-8-6-7-17(15-8)12(18)16-21(19,20)11-9(13)4-3-5-10(11)14/h3-6,15H,2,7H2,1H3,(H,16,18). The Morgan fingerprint density at radius 3 is 2.52 bits per heavy atom. The molecular formula is C12H13Cl2N3O3S. The van der Waals surface area contributed by atoms with Crippen LogP contribution in [0.5, 0.6) is 0 Å². The molecule has 0 bridgehead atoms. The normalized spacial score (nSPS) is 14.6. The molecule has 6 nitrogen and oxygen atoms in total. The van der Waals surface area contributed by atoms with Gasteiger partial charge in [0.05, 0.1) is 16.6 Å². The van der Waals surface area contributed by atoms with Crippen molar-refractivity contribution in [2.75, 3.05) is 6.54 Å². The number of allylic oxidation sites excluding steroid dienone is 1. The quantitative estimate of drug-likeness (QED) is 0.878. The number of hydrogen-bond acceptors (Lipinski definition) is 4. The van der Waals surface area contributed by atoms with E-state index in [1.807, 2.05) is 11.6 Å². The first-order chi connectivity index (χ1) is 9.85. The Hall–Kier alpha value is -1.44. The number of amides is 2. The molecule has 114 valence electrons. The maximum Gasteiger partial charge on any atom is 0.350 e. The van der Waals surface area contributed by atoms with Gasteiger partial charge >= 0.3 is 6.03 Å². The zero-order chi connectivity index (χ0) is 15.6. The van der Waals surface area contributed by atoms with Crippen molar-refractivity contribution in [3.05, 3.63) is 40.0 Å². The molecule has 0 saturated heterocycles. The number of nitrogens with zero attached hydrogens (tertiary/aromatic N) is 1. The van der Waals surface area contributed by atoms with Crippen molar-refractivity contribution < 1.29 is 13.2 Å². The van der Waals surface area contributed by atoms with Gasteiger partial charge in [0.2, 0.25) is 0 Å². The summed E-state index contributed by atoms with van der Waals surface area (Å²) in [5.74, 6) is 0. The second-order valence-corrected chi connectivity index (χ2v) is 6.70. The van der Waals surface area contributed by atoms with E-state index < -0.39 is 16.1 Å². The fourth-order valence-electron chi connectivity index (χ4n) is 1.78. The number of sulfonamides is 1. The van der Waals surface area contributed by atoms with Crippen molar-refractivity contribution in [3.8, 4) is 0 Å². The predicted octanol–water partition coefficient (Wildman–Crippen LogP) is 2.51. The summed E-state index contributed by atoms with van der Waals surface area (Å²) in [6.45, 7) is 2.20. The highest BCUT2D eigenvalue weighted by molar-refractivity contribution is 7.90.